The minimum atomic E-state index is -1.03. The number of rotatable bonds is 5. The van der Waals surface area contributed by atoms with Gasteiger partial charge < -0.3 is 19.3 Å². The minimum Gasteiger partial charge on any atom is -0.464 e. The van der Waals surface area contributed by atoms with E-state index in [4.69, 9.17) is 14.0 Å². The summed E-state index contributed by atoms with van der Waals surface area (Å²) >= 11 is 0. The Hall–Kier alpha value is -2.25. The van der Waals surface area contributed by atoms with Crippen LogP contribution in [0.15, 0.2) is 9.32 Å². The van der Waals surface area contributed by atoms with E-state index < -0.39 is 29.3 Å². The molecule has 124 valence electrons. The molecular formula is C14H22N2O6. The van der Waals surface area contributed by atoms with Crippen LogP contribution in [-0.4, -0.2) is 35.5 Å². The van der Waals surface area contributed by atoms with Crippen molar-refractivity contribution in [1.29, 1.82) is 0 Å². The number of hydrogen-bond acceptors (Lipinski definition) is 6. The number of hydrogen-bond donors (Lipinski definition) is 2. The number of aromatic nitrogens is 1. The normalized spacial score (nSPS) is 12.6. The standard InChI is InChI=1S/C14H22N2O6/c1-6-20-12(18)10(15-13(19)21-14(3,4)5)7-9-8(2)22-16-11(9)17/h10H,6-7H2,1-5H3,(H,15,19)(H,16,17)/t10-/m0/s1. The van der Waals surface area contributed by atoms with Crippen LogP contribution >= 0.6 is 0 Å². The molecule has 1 heterocycles. The van der Waals surface area contributed by atoms with Gasteiger partial charge in [-0.1, -0.05) is 0 Å². The van der Waals surface area contributed by atoms with Crippen molar-refractivity contribution in [2.24, 2.45) is 0 Å². The molecule has 1 aromatic heterocycles. The topological polar surface area (TPSA) is 111 Å². The lowest BCUT2D eigenvalue weighted by Crippen LogP contribution is -2.46. The van der Waals surface area contributed by atoms with Gasteiger partial charge in [0.1, 0.15) is 17.4 Å². The van der Waals surface area contributed by atoms with E-state index in [-0.39, 0.29) is 18.6 Å². The number of carbonyl (C=O) groups is 2. The number of esters is 1. The Bertz CT molecular complexity index is 581. The fourth-order valence-corrected chi connectivity index (χ4v) is 1.73. The molecule has 0 aliphatic carbocycles. The Kier molecular flexibility index (Phi) is 5.78. The van der Waals surface area contributed by atoms with Crippen molar-refractivity contribution in [3.63, 3.8) is 0 Å². The summed E-state index contributed by atoms with van der Waals surface area (Å²) in [6.45, 7) is 8.51. The molecule has 1 amide bonds. The van der Waals surface area contributed by atoms with Gasteiger partial charge in [0.2, 0.25) is 0 Å². The molecule has 0 radical (unpaired) electrons. The number of aryl methyl sites for hydroxylation is 1. The summed E-state index contributed by atoms with van der Waals surface area (Å²) in [7, 11) is 0. The average molecular weight is 314 g/mol. The van der Waals surface area contributed by atoms with Crippen molar-refractivity contribution in [2.45, 2.75) is 52.7 Å². The third kappa shape index (κ3) is 5.27. The molecule has 1 aromatic rings. The highest BCUT2D eigenvalue weighted by Gasteiger charge is 2.27. The van der Waals surface area contributed by atoms with Crippen LogP contribution in [0.5, 0.6) is 0 Å². The largest absolute Gasteiger partial charge is 0.464 e. The van der Waals surface area contributed by atoms with Gasteiger partial charge in [-0.2, -0.15) is 5.16 Å². The van der Waals surface area contributed by atoms with Crippen molar-refractivity contribution in [3.05, 3.63) is 21.7 Å². The quantitative estimate of drug-likeness (QED) is 0.792. The first kappa shape index (κ1) is 17.8. The summed E-state index contributed by atoms with van der Waals surface area (Å²) in [5.74, 6) is -0.293. The van der Waals surface area contributed by atoms with Crippen molar-refractivity contribution >= 4 is 12.1 Å². The van der Waals surface area contributed by atoms with Crippen LogP contribution in [0.3, 0.4) is 0 Å². The monoisotopic (exact) mass is 314 g/mol. The van der Waals surface area contributed by atoms with Gasteiger partial charge in [0.15, 0.2) is 0 Å². The predicted octanol–water partition coefficient (Wildman–Crippen LogP) is 1.28. The number of nitrogens with one attached hydrogen (secondary N) is 2. The highest BCUT2D eigenvalue weighted by Crippen LogP contribution is 2.09. The van der Waals surface area contributed by atoms with Crippen molar-refractivity contribution in [3.8, 4) is 0 Å². The van der Waals surface area contributed by atoms with Gasteiger partial charge in [-0.05, 0) is 34.6 Å². The fourth-order valence-electron chi connectivity index (χ4n) is 1.73. The fraction of sp³-hybridized carbons (Fsp3) is 0.643. The first-order valence-electron chi connectivity index (χ1n) is 6.97. The molecule has 0 bridgehead atoms. The maximum absolute atomic E-state index is 12.0. The zero-order valence-electron chi connectivity index (χ0n) is 13.4. The Morgan fingerprint density at radius 1 is 1.36 bits per heavy atom. The minimum absolute atomic E-state index is 0.0459. The van der Waals surface area contributed by atoms with Crippen molar-refractivity contribution < 1.29 is 23.6 Å². The maximum Gasteiger partial charge on any atom is 0.408 e. The van der Waals surface area contributed by atoms with E-state index in [1.165, 1.54) is 0 Å². The second-order valence-corrected chi connectivity index (χ2v) is 5.72. The SMILES string of the molecule is CCOC(=O)[C@H](Cc1c(C)o[nH]c1=O)NC(=O)OC(C)(C)C. The summed E-state index contributed by atoms with van der Waals surface area (Å²) < 4.78 is 14.9. The van der Waals surface area contributed by atoms with E-state index in [1.807, 2.05) is 0 Å². The van der Waals surface area contributed by atoms with Gasteiger partial charge in [-0.15, -0.1) is 0 Å². The van der Waals surface area contributed by atoms with Crippen molar-refractivity contribution in [2.75, 3.05) is 6.61 Å². The van der Waals surface area contributed by atoms with Gasteiger partial charge in [-0.25, -0.2) is 9.59 Å². The average Bonchev–Trinajstić information content (AvgIpc) is 2.67. The Morgan fingerprint density at radius 2 is 2.00 bits per heavy atom. The third-order valence-electron chi connectivity index (χ3n) is 2.67. The van der Waals surface area contributed by atoms with Gasteiger partial charge in [0.05, 0.1) is 12.2 Å². The van der Waals surface area contributed by atoms with Crippen LogP contribution in [0.4, 0.5) is 4.79 Å². The number of ether oxygens (including phenoxy) is 2. The lowest BCUT2D eigenvalue weighted by atomic mass is 10.1. The van der Waals surface area contributed by atoms with Crippen LogP contribution in [0.25, 0.3) is 0 Å². The molecular weight excluding hydrogens is 292 g/mol. The zero-order chi connectivity index (χ0) is 16.9. The Balaban J connectivity index is 2.87. The van der Waals surface area contributed by atoms with Crippen molar-refractivity contribution in [1.82, 2.24) is 10.5 Å². The van der Waals surface area contributed by atoms with E-state index in [1.54, 1.807) is 34.6 Å². The van der Waals surface area contributed by atoms with Crippen LogP contribution in [0, 0.1) is 6.92 Å². The van der Waals surface area contributed by atoms with E-state index in [2.05, 4.69) is 10.5 Å². The summed E-state index contributed by atoms with van der Waals surface area (Å²) in [6.07, 6.45) is -0.807. The zero-order valence-corrected chi connectivity index (χ0v) is 13.4. The highest BCUT2D eigenvalue weighted by atomic mass is 16.6. The molecule has 0 aliphatic heterocycles. The first-order valence-corrected chi connectivity index (χ1v) is 6.97. The number of H-pyrrole nitrogens is 1. The van der Waals surface area contributed by atoms with Crippen LogP contribution in [0.2, 0.25) is 0 Å². The number of alkyl carbamates (subject to hydrolysis) is 1. The molecule has 1 atom stereocenters. The molecule has 0 aromatic carbocycles. The van der Waals surface area contributed by atoms with Crippen LogP contribution in [0.1, 0.15) is 39.0 Å². The Labute approximate surface area is 128 Å². The summed E-state index contributed by atoms with van der Waals surface area (Å²) in [5.41, 5.74) is -0.876. The number of aromatic amines is 1. The molecule has 8 heteroatoms. The molecule has 0 unspecified atom stereocenters. The molecule has 0 saturated carbocycles. The molecule has 0 aliphatic rings. The predicted molar refractivity (Wildman–Crippen MR) is 77.6 cm³/mol. The third-order valence-corrected chi connectivity index (χ3v) is 2.67. The molecule has 22 heavy (non-hydrogen) atoms. The highest BCUT2D eigenvalue weighted by molar-refractivity contribution is 5.81. The van der Waals surface area contributed by atoms with Gasteiger partial charge in [0.25, 0.3) is 5.56 Å². The van der Waals surface area contributed by atoms with Gasteiger partial charge >= 0.3 is 12.1 Å². The molecule has 0 saturated heterocycles. The van der Waals surface area contributed by atoms with Crippen LogP contribution < -0.4 is 10.9 Å². The van der Waals surface area contributed by atoms with E-state index in [0.29, 0.717) is 5.76 Å². The van der Waals surface area contributed by atoms with Gasteiger partial charge in [0, 0.05) is 6.42 Å². The lowest BCUT2D eigenvalue weighted by Gasteiger charge is -2.22. The van der Waals surface area contributed by atoms with Crippen LogP contribution in [-0.2, 0) is 20.7 Å². The molecule has 0 spiro atoms. The maximum atomic E-state index is 12.0. The smallest absolute Gasteiger partial charge is 0.408 e. The van der Waals surface area contributed by atoms with E-state index >= 15 is 0 Å². The summed E-state index contributed by atoms with van der Waals surface area (Å²) in [6, 6.07) is -1.03. The molecule has 0 fully saturated rings. The first-order chi connectivity index (χ1) is 10.1. The number of amides is 1. The molecule has 1 rings (SSSR count). The second kappa shape index (κ2) is 7.15. The van der Waals surface area contributed by atoms with E-state index in [9.17, 15) is 14.4 Å². The summed E-state index contributed by atoms with van der Waals surface area (Å²) in [4.78, 5) is 35.4. The second-order valence-electron chi connectivity index (χ2n) is 5.72. The lowest BCUT2D eigenvalue weighted by molar-refractivity contribution is -0.145. The molecule has 8 nitrogen and oxygen atoms in total. The summed E-state index contributed by atoms with van der Waals surface area (Å²) in [5, 5.41) is 4.60. The number of carbonyl (C=O) groups excluding carboxylic acids is 2. The van der Waals surface area contributed by atoms with E-state index in [0.717, 1.165) is 0 Å². The Morgan fingerprint density at radius 3 is 2.45 bits per heavy atom. The van der Waals surface area contributed by atoms with Gasteiger partial charge in [-0.3, -0.25) is 4.79 Å². The molecule has 2 N–H and O–H groups in total.